The van der Waals surface area contributed by atoms with Gasteiger partial charge in [-0.15, -0.1) is 0 Å². The van der Waals surface area contributed by atoms with Crippen molar-refractivity contribution in [3.8, 4) is 28.7 Å². The zero-order valence-electron chi connectivity index (χ0n) is 20.3. The number of hydrogen-bond acceptors (Lipinski definition) is 7. The van der Waals surface area contributed by atoms with Crippen molar-refractivity contribution in [2.75, 3.05) is 28.1 Å². The lowest BCUT2D eigenvalue weighted by Gasteiger charge is -2.23. The lowest BCUT2D eigenvalue weighted by molar-refractivity contribution is 0.0656. The zero-order valence-corrected chi connectivity index (χ0v) is 20.3. The summed E-state index contributed by atoms with van der Waals surface area (Å²) in [5.74, 6) is 2.53. The van der Waals surface area contributed by atoms with Crippen LogP contribution >= 0.6 is 0 Å². The van der Waals surface area contributed by atoms with E-state index in [1.54, 1.807) is 33.5 Å². The summed E-state index contributed by atoms with van der Waals surface area (Å²) in [6.45, 7) is 0.406. The van der Waals surface area contributed by atoms with Crippen LogP contribution in [-0.4, -0.2) is 34.4 Å². The Morgan fingerprint density at radius 3 is 2.19 bits per heavy atom. The summed E-state index contributed by atoms with van der Waals surface area (Å²) in [5, 5.41) is 2.28. The number of carbonyl (C=O) groups is 1. The van der Waals surface area contributed by atoms with E-state index in [0.29, 0.717) is 46.5 Å². The maximum Gasteiger partial charge on any atom is 0.231 e. The Kier molecular flexibility index (Phi) is 6.64. The number of ether oxygens (including phenoxy) is 6. The highest BCUT2D eigenvalue weighted by Gasteiger charge is 2.26. The van der Waals surface area contributed by atoms with Crippen LogP contribution in [0.25, 0.3) is 10.8 Å². The fraction of sp³-hybridized carbons (Fsp3) is 0.207. The van der Waals surface area contributed by atoms with E-state index in [0.717, 1.165) is 28.2 Å². The van der Waals surface area contributed by atoms with E-state index in [2.05, 4.69) is 24.3 Å². The van der Waals surface area contributed by atoms with Crippen LogP contribution in [-0.2, 0) is 11.3 Å². The van der Waals surface area contributed by atoms with E-state index in [9.17, 15) is 4.79 Å². The first kappa shape index (κ1) is 23.5. The lowest BCUT2D eigenvalue weighted by Crippen LogP contribution is -2.10. The smallest absolute Gasteiger partial charge is 0.231 e. The van der Waals surface area contributed by atoms with Gasteiger partial charge in [0.25, 0.3) is 0 Å². The number of hydrogen-bond donors (Lipinski definition) is 0. The number of methoxy groups -OCH3 is 3. The summed E-state index contributed by atoms with van der Waals surface area (Å²) in [4.78, 5) is 12.1. The summed E-state index contributed by atoms with van der Waals surface area (Å²) in [7, 11) is 4.67. The standard InChI is InChI=1S/C29H26O7/c1-31-26-11-21(12-27(32-2)29(26)33-3)28(23-14-25-24(35-17-36-25)13-22(23)15-30)34-16-18-8-9-19-6-4-5-7-20(19)10-18/h4-15,28H,16-17H2,1-3H3. The molecule has 1 unspecified atom stereocenters. The number of benzene rings is 4. The molecule has 0 aliphatic carbocycles. The Morgan fingerprint density at radius 2 is 1.53 bits per heavy atom. The van der Waals surface area contributed by atoms with Crippen molar-refractivity contribution in [3.63, 3.8) is 0 Å². The van der Waals surface area contributed by atoms with Crippen molar-refractivity contribution in [3.05, 3.63) is 89.0 Å². The maximum atomic E-state index is 12.1. The van der Waals surface area contributed by atoms with Gasteiger partial charge in [-0.1, -0.05) is 36.4 Å². The minimum atomic E-state index is -0.639. The Labute approximate surface area is 209 Å². The predicted molar refractivity (Wildman–Crippen MR) is 135 cm³/mol. The average molecular weight is 487 g/mol. The van der Waals surface area contributed by atoms with E-state index < -0.39 is 6.10 Å². The molecule has 1 aliphatic heterocycles. The average Bonchev–Trinajstić information content (AvgIpc) is 3.39. The molecular formula is C29H26O7. The molecule has 1 heterocycles. The van der Waals surface area contributed by atoms with Crippen LogP contribution in [0.15, 0.2) is 66.7 Å². The number of rotatable bonds is 9. The second kappa shape index (κ2) is 10.2. The summed E-state index contributed by atoms with van der Waals surface area (Å²) >= 11 is 0. The van der Waals surface area contributed by atoms with Gasteiger partial charge in [-0.05, 0) is 57.8 Å². The number of fused-ring (bicyclic) bond motifs is 2. The molecule has 4 aromatic rings. The molecule has 0 N–H and O–H groups in total. The van der Waals surface area contributed by atoms with Gasteiger partial charge in [-0.25, -0.2) is 0 Å². The van der Waals surface area contributed by atoms with E-state index in [4.69, 9.17) is 28.4 Å². The number of aldehydes is 1. The normalized spacial score (nSPS) is 12.9. The van der Waals surface area contributed by atoms with Crippen molar-refractivity contribution in [2.45, 2.75) is 12.7 Å². The maximum absolute atomic E-state index is 12.1. The van der Waals surface area contributed by atoms with Crippen molar-refractivity contribution >= 4 is 17.1 Å². The number of carbonyl (C=O) groups excluding carboxylic acids is 1. The van der Waals surface area contributed by atoms with Crippen molar-refractivity contribution in [1.82, 2.24) is 0 Å². The van der Waals surface area contributed by atoms with Gasteiger partial charge < -0.3 is 28.4 Å². The molecule has 1 atom stereocenters. The minimum absolute atomic E-state index is 0.101. The molecule has 7 heteroatoms. The molecule has 0 saturated heterocycles. The third-order valence-corrected chi connectivity index (χ3v) is 6.21. The minimum Gasteiger partial charge on any atom is -0.493 e. The molecule has 184 valence electrons. The first-order valence-corrected chi connectivity index (χ1v) is 11.4. The molecule has 4 aromatic carbocycles. The SMILES string of the molecule is COc1cc(C(OCc2ccc3ccccc3c2)c2cc3c(cc2C=O)OCO3)cc(OC)c1OC. The van der Waals surface area contributed by atoms with Crippen LogP contribution < -0.4 is 23.7 Å². The van der Waals surface area contributed by atoms with Crippen molar-refractivity contribution in [1.29, 1.82) is 0 Å². The molecular weight excluding hydrogens is 460 g/mol. The van der Waals surface area contributed by atoms with Crippen molar-refractivity contribution < 1.29 is 33.2 Å². The van der Waals surface area contributed by atoms with Gasteiger partial charge in [0, 0.05) is 5.56 Å². The molecule has 5 rings (SSSR count). The van der Waals surface area contributed by atoms with Crippen LogP contribution in [0.3, 0.4) is 0 Å². The van der Waals surface area contributed by atoms with Crippen LogP contribution in [0.5, 0.6) is 28.7 Å². The highest BCUT2D eigenvalue weighted by Crippen LogP contribution is 2.44. The Hall–Kier alpha value is -4.23. The zero-order chi connectivity index (χ0) is 25.1. The lowest BCUT2D eigenvalue weighted by atomic mass is 9.95. The fourth-order valence-corrected chi connectivity index (χ4v) is 4.43. The molecule has 7 nitrogen and oxygen atoms in total. The third kappa shape index (κ3) is 4.41. The van der Waals surface area contributed by atoms with Gasteiger partial charge in [0.2, 0.25) is 12.5 Å². The predicted octanol–water partition coefficient (Wildman–Crippen LogP) is 5.71. The van der Waals surface area contributed by atoms with Gasteiger partial charge >= 0.3 is 0 Å². The highest BCUT2D eigenvalue weighted by molar-refractivity contribution is 5.83. The summed E-state index contributed by atoms with van der Waals surface area (Å²) in [5.41, 5.74) is 2.81. The van der Waals surface area contributed by atoms with Crippen LogP contribution in [0.2, 0.25) is 0 Å². The topological polar surface area (TPSA) is 72.5 Å². The van der Waals surface area contributed by atoms with E-state index in [1.165, 1.54) is 0 Å². The third-order valence-electron chi connectivity index (χ3n) is 6.21. The molecule has 0 bridgehead atoms. The Morgan fingerprint density at radius 1 is 0.833 bits per heavy atom. The van der Waals surface area contributed by atoms with Gasteiger partial charge in [-0.2, -0.15) is 0 Å². The second-order valence-corrected chi connectivity index (χ2v) is 8.28. The Balaban J connectivity index is 1.59. The van der Waals surface area contributed by atoms with Crippen LogP contribution in [0.4, 0.5) is 0 Å². The van der Waals surface area contributed by atoms with Gasteiger partial charge in [-0.3, -0.25) is 4.79 Å². The molecule has 0 saturated carbocycles. The summed E-state index contributed by atoms with van der Waals surface area (Å²) in [6.07, 6.45) is 0.154. The summed E-state index contributed by atoms with van der Waals surface area (Å²) in [6, 6.07) is 21.5. The van der Waals surface area contributed by atoms with E-state index in [-0.39, 0.29) is 6.79 Å². The van der Waals surface area contributed by atoms with Crippen LogP contribution in [0, 0.1) is 0 Å². The molecule has 36 heavy (non-hydrogen) atoms. The Bertz CT molecular complexity index is 1390. The van der Waals surface area contributed by atoms with Gasteiger partial charge in [0.05, 0.1) is 27.9 Å². The van der Waals surface area contributed by atoms with Gasteiger partial charge in [0.15, 0.2) is 29.3 Å². The molecule has 0 radical (unpaired) electrons. The van der Waals surface area contributed by atoms with Gasteiger partial charge in [0.1, 0.15) is 6.10 Å². The molecule has 0 aromatic heterocycles. The van der Waals surface area contributed by atoms with E-state index >= 15 is 0 Å². The fourth-order valence-electron chi connectivity index (χ4n) is 4.43. The van der Waals surface area contributed by atoms with Crippen LogP contribution in [0.1, 0.15) is 33.2 Å². The quantitative estimate of drug-likeness (QED) is 0.281. The largest absolute Gasteiger partial charge is 0.493 e. The molecule has 0 amide bonds. The first-order chi connectivity index (χ1) is 17.6. The first-order valence-electron chi connectivity index (χ1n) is 11.4. The summed E-state index contributed by atoms with van der Waals surface area (Å²) < 4.78 is 34.2. The van der Waals surface area contributed by atoms with E-state index in [1.807, 2.05) is 30.3 Å². The van der Waals surface area contributed by atoms with Crippen molar-refractivity contribution in [2.24, 2.45) is 0 Å². The molecule has 1 aliphatic rings. The molecule has 0 fully saturated rings. The highest BCUT2D eigenvalue weighted by atomic mass is 16.7. The second-order valence-electron chi connectivity index (χ2n) is 8.28. The molecule has 0 spiro atoms. The monoisotopic (exact) mass is 486 g/mol.